The van der Waals surface area contributed by atoms with E-state index in [2.05, 4.69) is 24.0 Å². The van der Waals surface area contributed by atoms with Crippen molar-refractivity contribution >= 4 is 34.3 Å². The number of aromatic nitrogens is 1. The van der Waals surface area contributed by atoms with Gasteiger partial charge in [-0.2, -0.15) is 5.26 Å². The third-order valence-electron chi connectivity index (χ3n) is 4.94. The van der Waals surface area contributed by atoms with Crippen molar-refractivity contribution in [2.24, 2.45) is 0 Å². The molecule has 1 aliphatic heterocycles. The lowest BCUT2D eigenvalue weighted by atomic mass is 10.1. The fourth-order valence-corrected chi connectivity index (χ4v) is 4.48. The van der Waals surface area contributed by atoms with E-state index in [0.717, 1.165) is 28.6 Å². The fourth-order valence-electron chi connectivity index (χ4n) is 3.67. The van der Waals surface area contributed by atoms with Gasteiger partial charge in [0.25, 0.3) is 0 Å². The third-order valence-corrected chi connectivity index (χ3v) is 5.92. The number of nitrogens with zero attached hydrogens (tertiary/aromatic N) is 3. The number of hydrogen-bond donors (Lipinski definition) is 0. The van der Waals surface area contributed by atoms with Crippen LogP contribution in [0, 0.1) is 18.3 Å². The topological polar surface area (TPSA) is 57.0 Å². The van der Waals surface area contributed by atoms with Gasteiger partial charge < -0.3 is 4.90 Å². The predicted molar refractivity (Wildman–Crippen MR) is 109 cm³/mol. The SMILES string of the molecule is Cc1cccc2cc(C#N)c(SCC(=O)N3c4ccccc4C[C@H]3C)nc12. The maximum Gasteiger partial charge on any atom is 0.237 e. The summed E-state index contributed by atoms with van der Waals surface area (Å²) in [5.74, 6) is 0.311. The molecule has 2 heterocycles. The molecule has 5 heteroatoms. The van der Waals surface area contributed by atoms with Gasteiger partial charge in [0.15, 0.2) is 0 Å². The molecule has 27 heavy (non-hydrogen) atoms. The molecular formula is C22H19N3OS. The second-order valence-corrected chi connectivity index (χ2v) is 7.80. The summed E-state index contributed by atoms with van der Waals surface area (Å²) in [6, 6.07) is 18.2. The van der Waals surface area contributed by atoms with Gasteiger partial charge >= 0.3 is 0 Å². The van der Waals surface area contributed by atoms with Crippen LogP contribution in [0.25, 0.3) is 10.9 Å². The standard InChI is InChI=1S/C22H19N3OS/c1-14-6-5-8-17-11-18(12-23)22(24-21(14)17)27-13-20(26)25-15(2)10-16-7-3-4-9-19(16)25/h3-9,11,15H,10,13H2,1-2H3/t15-/m1/s1. The summed E-state index contributed by atoms with van der Waals surface area (Å²) >= 11 is 1.34. The van der Waals surface area contributed by atoms with Crippen LogP contribution in [0.2, 0.25) is 0 Å². The molecule has 0 spiro atoms. The number of rotatable bonds is 3. The number of nitriles is 1. The first-order valence-corrected chi connectivity index (χ1v) is 9.90. The second-order valence-electron chi connectivity index (χ2n) is 6.83. The summed E-state index contributed by atoms with van der Waals surface area (Å²) in [6.07, 6.45) is 0.878. The van der Waals surface area contributed by atoms with Gasteiger partial charge in [-0.15, -0.1) is 0 Å². The Bertz CT molecular complexity index is 1090. The Morgan fingerprint density at radius 3 is 2.93 bits per heavy atom. The smallest absolute Gasteiger partial charge is 0.237 e. The van der Waals surface area contributed by atoms with Crippen LogP contribution < -0.4 is 4.90 Å². The molecule has 0 bridgehead atoms. The van der Waals surface area contributed by atoms with Gasteiger partial charge in [0, 0.05) is 17.1 Å². The molecule has 134 valence electrons. The molecule has 0 aliphatic carbocycles. The molecule has 1 aromatic heterocycles. The number of fused-ring (bicyclic) bond motifs is 2. The predicted octanol–water partition coefficient (Wildman–Crippen LogP) is 4.48. The van der Waals surface area contributed by atoms with Crippen LogP contribution in [-0.2, 0) is 11.2 Å². The van der Waals surface area contributed by atoms with E-state index >= 15 is 0 Å². The number of thioether (sulfide) groups is 1. The van der Waals surface area contributed by atoms with Crippen molar-refractivity contribution in [3.8, 4) is 6.07 Å². The fraction of sp³-hybridized carbons (Fsp3) is 0.227. The molecule has 1 atom stereocenters. The molecule has 0 saturated carbocycles. The molecule has 0 N–H and O–H groups in total. The largest absolute Gasteiger partial charge is 0.308 e. The average Bonchev–Trinajstić information content (AvgIpc) is 3.01. The third kappa shape index (κ3) is 3.17. The number of hydrogen-bond acceptors (Lipinski definition) is 4. The van der Waals surface area contributed by atoms with Crippen LogP contribution in [0.4, 0.5) is 5.69 Å². The Labute approximate surface area is 162 Å². The van der Waals surface area contributed by atoms with Crippen molar-refractivity contribution in [1.82, 2.24) is 4.98 Å². The first kappa shape index (κ1) is 17.6. The second kappa shape index (κ2) is 7.05. The number of pyridine rings is 1. The van der Waals surface area contributed by atoms with Crippen molar-refractivity contribution in [2.75, 3.05) is 10.7 Å². The van der Waals surface area contributed by atoms with E-state index in [1.165, 1.54) is 17.3 Å². The normalized spacial score (nSPS) is 15.6. The minimum atomic E-state index is 0.0491. The molecule has 3 aromatic rings. The van der Waals surface area contributed by atoms with Crippen LogP contribution in [0.3, 0.4) is 0 Å². The summed E-state index contributed by atoms with van der Waals surface area (Å²) in [4.78, 5) is 19.5. The number of carbonyl (C=O) groups is 1. The Kier molecular flexibility index (Phi) is 4.59. The van der Waals surface area contributed by atoms with Gasteiger partial charge in [0.1, 0.15) is 11.1 Å². The number of benzene rings is 2. The van der Waals surface area contributed by atoms with E-state index in [1.54, 1.807) is 0 Å². The lowest BCUT2D eigenvalue weighted by Gasteiger charge is -2.22. The molecule has 0 saturated heterocycles. The summed E-state index contributed by atoms with van der Waals surface area (Å²) in [5.41, 5.74) is 4.67. The number of carbonyl (C=O) groups excluding carboxylic acids is 1. The highest BCUT2D eigenvalue weighted by molar-refractivity contribution is 8.00. The van der Waals surface area contributed by atoms with Gasteiger partial charge in [0.2, 0.25) is 5.91 Å². The Morgan fingerprint density at radius 2 is 2.11 bits per heavy atom. The highest BCUT2D eigenvalue weighted by atomic mass is 32.2. The van der Waals surface area contributed by atoms with Crippen molar-refractivity contribution < 1.29 is 4.79 Å². The number of amides is 1. The zero-order valence-corrected chi connectivity index (χ0v) is 16.1. The van der Waals surface area contributed by atoms with Crippen LogP contribution >= 0.6 is 11.8 Å². The van der Waals surface area contributed by atoms with Crippen molar-refractivity contribution in [2.45, 2.75) is 31.3 Å². The van der Waals surface area contributed by atoms with Crippen molar-refractivity contribution in [1.29, 1.82) is 5.26 Å². The highest BCUT2D eigenvalue weighted by Crippen LogP contribution is 2.33. The molecule has 0 unspecified atom stereocenters. The summed E-state index contributed by atoms with van der Waals surface area (Å²) in [5, 5.41) is 11.1. The van der Waals surface area contributed by atoms with E-state index in [9.17, 15) is 10.1 Å². The Morgan fingerprint density at radius 1 is 1.30 bits per heavy atom. The first-order chi connectivity index (χ1) is 13.1. The quantitative estimate of drug-likeness (QED) is 0.635. The van der Waals surface area contributed by atoms with Crippen LogP contribution in [0.5, 0.6) is 0 Å². The van der Waals surface area contributed by atoms with E-state index in [-0.39, 0.29) is 17.7 Å². The highest BCUT2D eigenvalue weighted by Gasteiger charge is 2.30. The molecule has 0 radical (unpaired) electrons. The number of anilines is 1. The van der Waals surface area contributed by atoms with Crippen molar-refractivity contribution in [3.63, 3.8) is 0 Å². The minimum Gasteiger partial charge on any atom is -0.308 e. The lowest BCUT2D eigenvalue weighted by Crippen LogP contribution is -2.37. The molecule has 2 aromatic carbocycles. The van der Waals surface area contributed by atoms with Gasteiger partial charge in [-0.25, -0.2) is 4.98 Å². The maximum absolute atomic E-state index is 12.9. The van der Waals surface area contributed by atoms with Gasteiger partial charge in [-0.05, 0) is 43.5 Å². The maximum atomic E-state index is 12.9. The van der Waals surface area contributed by atoms with Crippen LogP contribution in [-0.4, -0.2) is 22.7 Å². The number of para-hydroxylation sites is 2. The van der Waals surface area contributed by atoms with E-state index in [4.69, 9.17) is 0 Å². The molecular weight excluding hydrogens is 354 g/mol. The number of aryl methyl sites for hydroxylation is 1. The molecule has 1 amide bonds. The lowest BCUT2D eigenvalue weighted by molar-refractivity contribution is -0.116. The summed E-state index contributed by atoms with van der Waals surface area (Å²) in [7, 11) is 0. The minimum absolute atomic E-state index is 0.0491. The Hall–Kier alpha value is -2.84. The van der Waals surface area contributed by atoms with Crippen molar-refractivity contribution in [3.05, 3.63) is 65.2 Å². The molecule has 0 fully saturated rings. The van der Waals surface area contributed by atoms with Gasteiger partial charge in [0.05, 0.1) is 16.8 Å². The summed E-state index contributed by atoms with van der Waals surface area (Å²) in [6.45, 7) is 4.07. The zero-order valence-electron chi connectivity index (χ0n) is 15.3. The monoisotopic (exact) mass is 373 g/mol. The van der Waals surface area contributed by atoms with Gasteiger partial charge in [-0.3, -0.25) is 4.79 Å². The summed E-state index contributed by atoms with van der Waals surface area (Å²) < 4.78 is 0. The molecule has 1 aliphatic rings. The van der Waals surface area contributed by atoms with E-state index in [1.807, 2.05) is 54.3 Å². The van der Waals surface area contributed by atoms with Crippen LogP contribution in [0.1, 0.15) is 23.6 Å². The zero-order chi connectivity index (χ0) is 19.0. The molecule has 4 nitrogen and oxygen atoms in total. The Balaban J connectivity index is 1.59. The van der Waals surface area contributed by atoms with E-state index in [0.29, 0.717) is 10.6 Å². The molecule has 4 rings (SSSR count). The van der Waals surface area contributed by atoms with Crippen LogP contribution in [0.15, 0.2) is 53.6 Å². The average molecular weight is 373 g/mol. The van der Waals surface area contributed by atoms with E-state index < -0.39 is 0 Å². The van der Waals surface area contributed by atoms with Gasteiger partial charge in [-0.1, -0.05) is 48.2 Å². The first-order valence-electron chi connectivity index (χ1n) is 8.91.